The molecule has 0 spiro atoms. The van der Waals surface area contributed by atoms with Gasteiger partial charge in [-0.15, -0.1) is 0 Å². The third-order valence-electron chi connectivity index (χ3n) is 8.79. The van der Waals surface area contributed by atoms with Crippen LogP contribution in [0.3, 0.4) is 0 Å². The number of nitrogens with zero attached hydrogens (tertiary/aromatic N) is 1. The van der Waals surface area contributed by atoms with E-state index in [1.54, 1.807) is 6.07 Å². The van der Waals surface area contributed by atoms with E-state index in [9.17, 15) is 0 Å². The number of aryl methyl sites for hydroxylation is 2. The fourth-order valence-corrected chi connectivity index (χ4v) is 7.12. The minimum absolute atomic E-state index is 0.267. The van der Waals surface area contributed by atoms with Crippen LogP contribution in [0.4, 0.5) is 4.39 Å². The van der Waals surface area contributed by atoms with Gasteiger partial charge in [-0.2, -0.15) is 0 Å². The molecule has 0 saturated heterocycles. The molecule has 2 heterocycles. The minimum Gasteiger partial charge on any atom is -0.455 e. The van der Waals surface area contributed by atoms with Crippen LogP contribution in [0, 0.1) is 12.7 Å². The molecule has 0 unspecified atom stereocenters. The molecule has 41 heavy (non-hydrogen) atoms. The smallest absolute Gasteiger partial charge is 0.216 e. The van der Waals surface area contributed by atoms with E-state index in [4.69, 9.17) is 4.42 Å². The molecule has 0 amide bonds. The lowest BCUT2D eigenvalue weighted by Gasteiger charge is -2.33. The molecular formula is C38H27FNO+. The van der Waals surface area contributed by atoms with Crippen molar-refractivity contribution in [1.29, 1.82) is 0 Å². The van der Waals surface area contributed by atoms with Crippen molar-refractivity contribution in [3.63, 3.8) is 0 Å². The van der Waals surface area contributed by atoms with E-state index in [0.717, 1.165) is 33.3 Å². The summed E-state index contributed by atoms with van der Waals surface area (Å²) in [6.07, 6.45) is 2.01. The predicted molar refractivity (Wildman–Crippen MR) is 162 cm³/mol. The predicted octanol–water partition coefficient (Wildman–Crippen LogP) is 8.89. The molecule has 0 radical (unpaired) electrons. The molecule has 196 valence electrons. The van der Waals surface area contributed by atoms with Gasteiger partial charge in [-0.3, -0.25) is 0 Å². The topological polar surface area (TPSA) is 17.0 Å². The number of hydrogen-bond acceptors (Lipinski definition) is 1. The molecule has 0 aliphatic heterocycles. The van der Waals surface area contributed by atoms with Crippen LogP contribution in [0.2, 0.25) is 0 Å². The number of halogens is 1. The molecular weight excluding hydrogens is 505 g/mol. The van der Waals surface area contributed by atoms with Gasteiger partial charge in [-0.05, 0) is 52.4 Å². The van der Waals surface area contributed by atoms with E-state index >= 15 is 4.39 Å². The molecule has 0 bridgehead atoms. The first-order chi connectivity index (χ1) is 20.1. The summed E-state index contributed by atoms with van der Waals surface area (Å²) in [7, 11) is 2.01. The van der Waals surface area contributed by atoms with E-state index in [0.29, 0.717) is 16.6 Å². The highest BCUT2D eigenvalue weighted by molar-refractivity contribution is 6.11. The van der Waals surface area contributed by atoms with Crippen molar-refractivity contribution in [3.05, 3.63) is 161 Å². The normalized spacial score (nSPS) is 13.4. The van der Waals surface area contributed by atoms with Crippen LogP contribution < -0.4 is 4.57 Å². The first-order valence-corrected chi connectivity index (χ1v) is 14.0. The van der Waals surface area contributed by atoms with Gasteiger partial charge in [0.2, 0.25) is 5.69 Å². The maximum Gasteiger partial charge on any atom is 0.216 e. The Morgan fingerprint density at radius 1 is 0.659 bits per heavy atom. The standard InChI is InChI=1S/C38H27FNO/c1-24-23-32(39)35-28-17-12-20-31(36(28)41-37(35)34(24)33-21-10-11-22-40(33)2)38(25-13-4-3-5-14-25)29-18-8-6-15-26(29)27-16-7-9-19-30(27)38/h3-23H,1-2H3/q+1. The summed E-state index contributed by atoms with van der Waals surface area (Å²) < 4.78 is 24.9. The van der Waals surface area contributed by atoms with Crippen LogP contribution >= 0.6 is 0 Å². The Balaban J connectivity index is 1.56. The molecule has 2 nitrogen and oxygen atoms in total. The molecule has 2 aromatic heterocycles. The number of aromatic nitrogens is 1. The highest BCUT2D eigenvalue weighted by atomic mass is 19.1. The molecule has 8 rings (SSSR count). The van der Waals surface area contributed by atoms with Crippen LogP contribution in [0.5, 0.6) is 0 Å². The van der Waals surface area contributed by atoms with Crippen LogP contribution in [-0.2, 0) is 12.5 Å². The van der Waals surface area contributed by atoms with Gasteiger partial charge in [0.25, 0.3) is 0 Å². The Morgan fingerprint density at radius 3 is 2.00 bits per heavy atom. The summed E-state index contributed by atoms with van der Waals surface area (Å²) in [5.74, 6) is -0.267. The molecule has 0 atom stereocenters. The maximum absolute atomic E-state index is 15.9. The Labute approximate surface area is 238 Å². The summed E-state index contributed by atoms with van der Waals surface area (Å²) >= 11 is 0. The molecule has 0 saturated carbocycles. The number of benzene rings is 5. The summed E-state index contributed by atoms with van der Waals surface area (Å²) in [5, 5.41) is 1.31. The van der Waals surface area contributed by atoms with Crippen molar-refractivity contribution in [1.82, 2.24) is 0 Å². The molecule has 3 heteroatoms. The first-order valence-electron chi connectivity index (χ1n) is 14.0. The van der Waals surface area contributed by atoms with E-state index < -0.39 is 5.41 Å². The average Bonchev–Trinajstić information content (AvgIpc) is 3.53. The van der Waals surface area contributed by atoms with Gasteiger partial charge in [-0.25, -0.2) is 8.96 Å². The van der Waals surface area contributed by atoms with E-state index in [1.165, 1.54) is 22.3 Å². The van der Waals surface area contributed by atoms with Crippen LogP contribution in [0.25, 0.3) is 44.3 Å². The Hall–Kier alpha value is -5.02. The summed E-state index contributed by atoms with van der Waals surface area (Å²) in [6.45, 7) is 1.95. The molecule has 0 fully saturated rings. The zero-order valence-electron chi connectivity index (χ0n) is 22.9. The van der Waals surface area contributed by atoms with Gasteiger partial charge in [0.05, 0.1) is 16.4 Å². The SMILES string of the molecule is Cc1cc(F)c2c(oc3c(C4(c5ccccc5)c5ccccc5-c5ccccc54)cccc32)c1-c1cccc[n+]1C. The fraction of sp³-hybridized carbons (Fsp3) is 0.0789. The van der Waals surface area contributed by atoms with Gasteiger partial charge < -0.3 is 4.42 Å². The Kier molecular flexibility index (Phi) is 5.08. The number of furan rings is 1. The molecule has 5 aromatic carbocycles. The Morgan fingerprint density at radius 2 is 1.29 bits per heavy atom. The second-order valence-electron chi connectivity index (χ2n) is 10.9. The van der Waals surface area contributed by atoms with Crippen molar-refractivity contribution >= 4 is 21.9 Å². The van der Waals surface area contributed by atoms with E-state index in [2.05, 4.69) is 95.6 Å². The van der Waals surface area contributed by atoms with Crippen molar-refractivity contribution in [2.45, 2.75) is 12.3 Å². The third kappa shape index (κ3) is 3.15. The zero-order chi connectivity index (χ0) is 27.7. The van der Waals surface area contributed by atoms with Crippen LogP contribution in [-0.4, -0.2) is 0 Å². The lowest BCUT2D eigenvalue weighted by molar-refractivity contribution is -0.660. The summed E-state index contributed by atoms with van der Waals surface area (Å²) in [5.41, 5.74) is 10.4. The van der Waals surface area contributed by atoms with Crippen molar-refractivity contribution in [2.75, 3.05) is 0 Å². The third-order valence-corrected chi connectivity index (χ3v) is 8.79. The summed E-state index contributed by atoms with van der Waals surface area (Å²) in [6, 6.07) is 41.8. The Bertz CT molecular complexity index is 2090. The molecule has 7 aromatic rings. The number of rotatable bonds is 3. The highest BCUT2D eigenvalue weighted by Gasteiger charge is 2.47. The van der Waals surface area contributed by atoms with Crippen molar-refractivity contribution in [3.8, 4) is 22.4 Å². The molecule has 1 aliphatic carbocycles. The molecule has 0 N–H and O–H groups in total. The zero-order valence-corrected chi connectivity index (χ0v) is 22.9. The van der Waals surface area contributed by atoms with Gasteiger partial charge in [0, 0.05) is 23.1 Å². The van der Waals surface area contributed by atoms with Crippen molar-refractivity contribution < 1.29 is 13.4 Å². The monoisotopic (exact) mass is 532 g/mol. The van der Waals surface area contributed by atoms with Gasteiger partial charge in [-0.1, -0.05) is 97.1 Å². The number of fused-ring (bicyclic) bond motifs is 6. The van der Waals surface area contributed by atoms with Crippen LogP contribution in [0.1, 0.15) is 27.8 Å². The lowest BCUT2D eigenvalue weighted by atomic mass is 9.67. The second kappa shape index (κ2) is 8.74. The largest absolute Gasteiger partial charge is 0.455 e. The minimum atomic E-state index is -0.634. The lowest BCUT2D eigenvalue weighted by Crippen LogP contribution is -2.30. The number of para-hydroxylation sites is 1. The van der Waals surface area contributed by atoms with E-state index in [-0.39, 0.29) is 5.82 Å². The van der Waals surface area contributed by atoms with Crippen LogP contribution in [0.15, 0.2) is 132 Å². The van der Waals surface area contributed by atoms with Crippen molar-refractivity contribution in [2.24, 2.45) is 7.05 Å². The number of hydrogen-bond donors (Lipinski definition) is 0. The summed E-state index contributed by atoms with van der Waals surface area (Å²) in [4.78, 5) is 0. The van der Waals surface area contributed by atoms with Gasteiger partial charge >= 0.3 is 0 Å². The molecule has 1 aliphatic rings. The first kappa shape index (κ1) is 23.8. The van der Waals surface area contributed by atoms with E-state index in [1.807, 2.05) is 44.4 Å². The second-order valence-corrected chi connectivity index (χ2v) is 10.9. The average molecular weight is 533 g/mol. The quantitative estimate of drug-likeness (QED) is 0.208. The number of pyridine rings is 1. The highest BCUT2D eigenvalue weighted by Crippen LogP contribution is 2.57. The fourth-order valence-electron chi connectivity index (χ4n) is 7.12. The van der Waals surface area contributed by atoms with Gasteiger partial charge in [0.15, 0.2) is 11.8 Å². The van der Waals surface area contributed by atoms with Gasteiger partial charge in [0.1, 0.15) is 18.4 Å². The maximum atomic E-state index is 15.9.